The molecule has 0 radical (unpaired) electrons. The Labute approximate surface area is 204 Å². The van der Waals surface area contributed by atoms with Crippen molar-refractivity contribution in [2.24, 2.45) is 0 Å². The number of hydrogen-bond donors (Lipinski definition) is 1. The van der Waals surface area contributed by atoms with Crippen LogP contribution in [0.15, 0.2) is 54.6 Å². The maximum Gasteiger partial charge on any atom is 0.242 e. The molecule has 0 fully saturated rings. The van der Waals surface area contributed by atoms with Crippen LogP contribution in [0.1, 0.15) is 50.7 Å². The number of amides is 2. The molecule has 34 heavy (non-hydrogen) atoms. The lowest BCUT2D eigenvalue weighted by Crippen LogP contribution is -2.49. The molecular formula is C26H37N3O4S. The minimum atomic E-state index is -3.49. The van der Waals surface area contributed by atoms with Gasteiger partial charge in [0.05, 0.1) is 11.9 Å². The van der Waals surface area contributed by atoms with Gasteiger partial charge >= 0.3 is 0 Å². The Kier molecular flexibility index (Phi) is 10.6. The fraction of sp³-hybridized carbons (Fsp3) is 0.462. The molecule has 0 saturated heterocycles. The Balaban J connectivity index is 2.18. The van der Waals surface area contributed by atoms with E-state index < -0.39 is 16.1 Å². The van der Waals surface area contributed by atoms with Gasteiger partial charge in [0.1, 0.15) is 6.04 Å². The third kappa shape index (κ3) is 8.17. The van der Waals surface area contributed by atoms with E-state index in [2.05, 4.69) is 5.32 Å². The molecule has 0 aliphatic rings. The van der Waals surface area contributed by atoms with Crippen molar-refractivity contribution in [3.8, 4) is 0 Å². The minimum Gasteiger partial charge on any atom is -0.354 e. The van der Waals surface area contributed by atoms with E-state index >= 15 is 0 Å². The Morgan fingerprint density at radius 1 is 1.03 bits per heavy atom. The summed E-state index contributed by atoms with van der Waals surface area (Å²) >= 11 is 0. The predicted molar refractivity (Wildman–Crippen MR) is 137 cm³/mol. The number of benzene rings is 2. The van der Waals surface area contributed by atoms with Gasteiger partial charge in [0.15, 0.2) is 0 Å². The first-order chi connectivity index (χ1) is 16.2. The van der Waals surface area contributed by atoms with E-state index in [0.29, 0.717) is 31.6 Å². The number of carbonyl (C=O) groups excluding carboxylic acids is 2. The van der Waals surface area contributed by atoms with Gasteiger partial charge in [-0.3, -0.25) is 13.9 Å². The van der Waals surface area contributed by atoms with Crippen LogP contribution in [0.3, 0.4) is 0 Å². The fourth-order valence-electron chi connectivity index (χ4n) is 3.89. The quantitative estimate of drug-likeness (QED) is 0.465. The van der Waals surface area contributed by atoms with Gasteiger partial charge in [-0.15, -0.1) is 0 Å². The molecule has 2 aromatic rings. The number of carbonyl (C=O) groups is 2. The molecule has 7 nitrogen and oxygen atoms in total. The summed E-state index contributed by atoms with van der Waals surface area (Å²) in [6, 6.07) is 16.2. The van der Waals surface area contributed by atoms with Crippen molar-refractivity contribution >= 4 is 27.5 Å². The SMILES string of the molecule is CCCNC(=O)[C@H](CC)N(Cc1cccc(C)c1)C(=O)CCCN(c1ccccc1)S(C)(=O)=O. The molecule has 2 rings (SSSR count). The van der Waals surface area contributed by atoms with E-state index in [-0.39, 0.29) is 24.8 Å². The van der Waals surface area contributed by atoms with Crippen molar-refractivity contribution < 1.29 is 18.0 Å². The Hall–Kier alpha value is -2.87. The van der Waals surface area contributed by atoms with Crippen molar-refractivity contribution in [1.82, 2.24) is 10.2 Å². The average Bonchev–Trinajstić information content (AvgIpc) is 2.80. The molecule has 0 aliphatic heterocycles. The smallest absolute Gasteiger partial charge is 0.242 e. The van der Waals surface area contributed by atoms with Crippen LogP contribution in [0, 0.1) is 6.92 Å². The van der Waals surface area contributed by atoms with Gasteiger partial charge in [-0.25, -0.2) is 8.42 Å². The van der Waals surface area contributed by atoms with Crippen molar-refractivity contribution in [2.45, 2.75) is 59.0 Å². The molecule has 0 bridgehead atoms. The van der Waals surface area contributed by atoms with Crippen LogP contribution in [0.2, 0.25) is 0 Å². The molecular weight excluding hydrogens is 450 g/mol. The first kappa shape index (κ1) is 27.4. The summed E-state index contributed by atoms with van der Waals surface area (Å²) in [5.74, 6) is -0.325. The number of aryl methyl sites for hydroxylation is 1. The summed E-state index contributed by atoms with van der Waals surface area (Å²) in [5.41, 5.74) is 2.61. The van der Waals surface area contributed by atoms with Crippen molar-refractivity contribution in [3.63, 3.8) is 0 Å². The molecule has 8 heteroatoms. The van der Waals surface area contributed by atoms with E-state index in [1.54, 1.807) is 29.2 Å². The lowest BCUT2D eigenvalue weighted by Gasteiger charge is -2.31. The summed E-state index contributed by atoms with van der Waals surface area (Å²) < 4.78 is 26.0. The molecule has 2 aromatic carbocycles. The number of para-hydroxylation sites is 1. The van der Waals surface area contributed by atoms with Crippen LogP contribution in [0.4, 0.5) is 5.69 Å². The van der Waals surface area contributed by atoms with Crippen LogP contribution in [-0.2, 0) is 26.2 Å². The molecule has 1 atom stereocenters. The average molecular weight is 488 g/mol. The lowest BCUT2D eigenvalue weighted by atomic mass is 10.1. The molecule has 0 spiro atoms. The number of sulfonamides is 1. The van der Waals surface area contributed by atoms with Crippen LogP contribution in [-0.4, -0.2) is 50.5 Å². The monoisotopic (exact) mass is 487 g/mol. The number of nitrogens with zero attached hydrogens (tertiary/aromatic N) is 2. The van der Waals surface area contributed by atoms with Crippen molar-refractivity contribution in [1.29, 1.82) is 0 Å². The standard InChI is InChI=1S/C26H37N3O4S/c1-5-17-27-26(31)24(6-2)28(20-22-13-10-12-21(3)19-22)25(30)16-11-18-29(34(4,32)33)23-14-8-7-9-15-23/h7-10,12-15,19,24H,5-6,11,16-18,20H2,1-4H3,(H,27,31)/t24-/m0/s1. The maximum atomic E-state index is 13.4. The van der Waals surface area contributed by atoms with Crippen LogP contribution in [0.25, 0.3) is 0 Å². The second kappa shape index (κ2) is 13.1. The second-order valence-corrected chi connectivity index (χ2v) is 10.4. The zero-order chi connectivity index (χ0) is 25.1. The van der Waals surface area contributed by atoms with Gasteiger partial charge in [0.2, 0.25) is 21.8 Å². The molecule has 2 amide bonds. The summed E-state index contributed by atoms with van der Waals surface area (Å²) in [6.07, 6.45) is 2.96. The van der Waals surface area contributed by atoms with Crippen LogP contribution in [0.5, 0.6) is 0 Å². The van der Waals surface area contributed by atoms with Crippen LogP contribution < -0.4 is 9.62 Å². The van der Waals surface area contributed by atoms with Gasteiger partial charge < -0.3 is 10.2 Å². The first-order valence-electron chi connectivity index (χ1n) is 11.8. The van der Waals surface area contributed by atoms with Crippen molar-refractivity contribution in [3.05, 3.63) is 65.7 Å². The first-order valence-corrected chi connectivity index (χ1v) is 13.7. The highest BCUT2D eigenvalue weighted by Crippen LogP contribution is 2.19. The highest BCUT2D eigenvalue weighted by molar-refractivity contribution is 7.92. The molecule has 186 valence electrons. The van der Waals surface area contributed by atoms with E-state index in [1.165, 1.54) is 4.31 Å². The lowest BCUT2D eigenvalue weighted by molar-refractivity contribution is -0.141. The summed E-state index contributed by atoms with van der Waals surface area (Å²) in [4.78, 5) is 27.8. The zero-order valence-electron chi connectivity index (χ0n) is 20.7. The zero-order valence-corrected chi connectivity index (χ0v) is 21.5. The summed E-state index contributed by atoms with van der Waals surface area (Å²) in [5, 5.41) is 2.91. The Bertz CT molecular complexity index is 1040. The third-order valence-electron chi connectivity index (χ3n) is 5.57. The Morgan fingerprint density at radius 3 is 2.32 bits per heavy atom. The number of nitrogens with one attached hydrogen (secondary N) is 1. The van der Waals surface area contributed by atoms with Gasteiger partial charge in [0, 0.05) is 26.1 Å². The van der Waals surface area contributed by atoms with E-state index in [9.17, 15) is 18.0 Å². The van der Waals surface area contributed by atoms with Crippen molar-refractivity contribution in [2.75, 3.05) is 23.7 Å². The van der Waals surface area contributed by atoms with E-state index in [1.807, 2.05) is 51.1 Å². The largest absolute Gasteiger partial charge is 0.354 e. The maximum absolute atomic E-state index is 13.4. The fourth-order valence-corrected chi connectivity index (χ4v) is 4.86. The molecule has 0 saturated carbocycles. The highest BCUT2D eigenvalue weighted by Gasteiger charge is 2.28. The number of hydrogen-bond acceptors (Lipinski definition) is 4. The second-order valence-electron chi connectivity index (χ2n) is 8.50. The third-order valence-corrected chi connectivity index (χ3v) is 6.76. The topological polar surface area (TPSA) is 86.8 Å². The van der Waals surface area contributed by atoms with E-state index in [0.717, 1.165) is 23.8 Å². The van der Waals surface area contributed by atoms with Crippen LogP contribution >= 0.6 is 0 Å². The van der Waals surface area contributed by atoms with E-state index in [4.69, 9.17) is 0 Å². The van der Waals surface area contributed by atoms with Gasteiger partial charge in [0.25, 0.3) is 0 Å². The molecule has 0 aliphatic carbocycles. The van der Waals surface area contributed by atoms with Gasteiger partial charge in [-0.05, 0) is 43.9 Å². The molecule has 0 heterocycles. The summed E-state index contributed by atoms with van der Waals surface area (Å²) in [7, 11) is -3.49. The molecule has 0 unspecified atom stereocenters. The van der Waals surface area contributed by atoms with Gasteiger partial charge in [-0.2, -0.15) is 0 Å². The predicted octanol–water partition coefficient (Wildman–Crippen LogP) is 3.87. The molecule has 1 N–H and O–H groups in total. The number of anilines is 1. The summed E-state index contributed by atoms with van der Waals surface area (Å²) in [6.45, 7) is 6.94. The number of rotatable bonds is 13. The minimum absolute atomic E-state index is 0.141. The highest BCUT2D eigenvalue weighted by atomic mass is 32.2. The normalized spacial score (nSPS) is 12.1. The van der Waals surface area contributed by atoms with Gasteiger partial charge in [-0.1, -0.05) is 61.9 Å². The Morgan fingerprint density at radius 2 is 1.74 bits per heavy atom. The molecule has 0 aromatic heterocycles.